The van der Waals surface area contributed by atoms with Crippen LogP contribution in [-0.4, -0.2) is 30.3 Å². The molecule has 1 aliphatic carbocycles. The summed E-state index contributed by atoms with van der Waals surface area (Å²) in [6, 6.07) is 16.6. The Bertz CT molecular complexity index is 801. The van der Waals surface area contributed by atoms with E-state index in [9.17, 15) is 14.4 Å². The van der Waals surface area contributed by atoms with Crippen LogP contribution in [0.4, 0.5) is 5.69 Å². The second-order valence-corrected chi connectivity index (χ2v) is 6.24. The molecule has 0 saturated heterocycles. The number of carbonyl (C=O) groups is 3. The molecule has 0 aliphatic heterocycles. The molecule has 1 aliphatic rings. The fourth-order valence-corrected chi connectivity index (χ4v) is 2.51. The molecule has 0 aromatic heterocycles. The first-order valence-corrected chi connectivity index (χ1v) is 8.66. The lowest BCUT2D eigenvalue weighted by molar-refractivity contribution is -0.136. The zero-order valence-electron chi connectivity index (χ0n) is 14.3. The largest absolute Gasteiger partial charge is 0.349 e. The molecule has 0 atom stereocenters. The van der Waals surface area contributed by atoms with Crippen LogP contribution < -0.4 is 16.0 Å². The SMILES string of the molecule is O=C(NCCc1ccccc1)C(=O)Nc1ccccc1C(=O)NC1CC1. The third kappa shape index (κ3) is 4.92. The van der Waals surface area contributed by atoms with E-state index in [1.807, 2.05) is 30.3 Å². The van der Waals surface area contributed by atoms with Crippen LogP contribution in [0.1, 0.15) is 28.8 Å². The first-order chi connectivity index (χ1) is 12.6. The highest BCUT2D eigenvalue weighted by atomic mass is 16.2. The molecule has 6 nitrogen and oxygen atoms in total. The molecule has 3 rings (SSSR count). The Balaban J connectivity index is 1.53. The van der Waals surface area contributed by atoms with Gasteiger partial charge in [-0.3, -0.25) is 14.4 Å². The van der Waals surface area contributed by atoms with E-state index in [2.05, 4.69) is 16.0 Å². The quantitative estimate of drug-likeness (QED) is 0.695. The molecule has 2 aromatic carbocycles. The van der Waals surface area contributed by atoms with Gasteiger partial charge in [0.15, 0.2) is 0 Å². The second-order valence-electron chi connectivity index (χ2n) is 6.24. The average molecular weight is 351 g/mol. The van der Waals surface area contributed by atoms with E-state index in [1.165, 1.54) is 0 Å². The molecule has 1 saturated carbocycles. The summed E-state index contributed by atoms with van der Waals surface area (Å²) < 4.78 is 0. The number of benzene rings is 2. The Hall–Kier alpha value is -3.15. The van der Waals surface area contributed by atoms with Gasteiger partial charge in [0.25, 0.3) is 5.91 Å². The van der Waals surface area contributed by atoms with Crippen LogP contribution in [0.2, 0.25) is 0 Å². The molecule has 3 amide bonds. The molecule has 1 fully saturated rings. The van der Waals surface area contributed by atoms with Gasteiger partial charge < -0.3 is 16.0 Å². The van der Waals surface area contributed by atoms with Gasteiger partial charge in [-0.05, 0) is 37.0 Å². The number of hydrogen-bond donors (Lipinski definition) is 3. The maximum atomic E-state index is 12.2. The van der Waals surface area contributed by atoms with Crippen molar-refractivity contribution in [2.75, 3.05) is 11.9 Å². The van der Waals surface area contributed by atoms with E-state index < -0.39 is 11.8 Å². The van der Waals surface area contributed by atoms with Crippen molar-refractivity contribution in [3.8, 4) is 0 Å². The molecule has 0 spiro atoms. The van der Waals surface area contributed by atoms with E-state index in [1.54, 1.807) is 24.3 Å². The summed E-state index contributed by atoms with van der Waals surface area (Å²) in [5.74, 6) is -1.75. The standard InChI is InChI=1S/C20H21N3O3/c24-18(22-15-10-11-15)16-8-4-5-9-17(16)23-20(26)19(25)21-13-12-14-6-2-1-3-7-14/h1-9,15H,10-13H2,(H,21,25)(H,22,24)(H,23,26). The van der Waals surface area contributed by atoms with Crippen molar-refractivity contribution in [1.82, 2.24) is 10.6 Å². The smallest absolute Gasteiger partial charge is 0.313 e. The van der Waals surface area contributed by atoms with Crippen LogP contribution >= 0.6 is 0 Å². The molecule has 0 heterocycles. The van der Waals surface area contributed by atoms with E-state index in [0.29, 0.717) is 24.2 Å². The summed E-state index contributed by atoms with van der Waals surface area (Å²) in [7, 11) is 0. The monoisotopic (exact) mass is 351 g/mol. The predicted octanol–water partition coefficient (Wildman–Crippen LogP) is 1.88. The number of hydrogen-bond acceptors (Lipinski definition) is 3. The van der Waals surface area contributed by atoms with Gasteiger partial charge in [-0.2, -0.15) is 0 Å². The van der Waals surface area contributed by atoms with E-state index in [4.69, 9.17) is 0 Å². The highest BCUT2D eigenvalue weighted by Crippen LogP contribution is 2.21. The molecule has 6 heteroatoms. The molecule has 3 N–H and O–H groups in total. The van der Waals surface area contributed by atoms with Crippen molar-refractivity contribution < 1.29 is 14.4 Å². The number of carbonyl (C=O) groups excluding carboxylic acids is 3. The molecule has 2 aromatic rings. The lowest BCUT2D eigenvalue weighted by Gasteiger charge is -2.11. The average Bonchev–Trinajstić information content (AvgIpc) is 3.47. The van der Waals surface area contributed by atoms with Crippen molar-refractivity contribution in [3.63, 3.8) is 0 Å². The van der Waals surface area contributed by atoms with Gasteiger partial charge in [0.05, 0.1) is 11.3 Å². The van der Waals surface area contributed by atoms with E-state index in [0.717, 1.165) is 18.4 Å². The Morgan fingerprint density at radius 1 is 0.885 bits per heavy atom. The van der Waals surface area contributed by atoms with Gasteiger partial charge in [0.2, 0.25) is 0 Å². The minimum atomic E-state index is -0.787. The second kappa shape index (κ2) is 8.29. The van der Waals surface area contributed by atoms with Gasteiger partial charge in [-0.15, -0.1) is 0 Å². The molecule has 134 valence electrons. The zero-order valence-corrected chi connectivity index (χ0v) is 14.3. The molecule has 0 unspecified atom stereocenters. The van der Waals surface area contributed by atoms with Gasteiger partial charge in [0.1, 0.15) is 0 Å². The minimum absolute atomic E-state index is 0.215. The summed E-state index contributed by atoms with van der Waals surface area (Å²) in [6.07, 6.45) is 2.59. The lowest BCUT2D eigenvalue weighted by Crippen LogP contribution is -2.37. The fraction of sp³-hybridized carbons (Fsp3) is 0.250. The Kier molecular flexibility index (Phi) is 5.63. The summed E-state index contributed by atoms with van der Waals surface area (Å²) in [4.78, 5) is 36.3. The van der Waals surface area contributed by atoms with Crippen LogP contribution in [0.5, 0.6) is 0 Å². The van der Waals surface area contributed by atoms with Crippen LogP contribution in [0.3, 0.4) is 0 Å². The topological polar surface area (TPSA) is 87.3 Å². The maximum absolute atomic E-state index is 12.2. The fourth-order valence-electron chi connectivity index (χ4n) is 2.51. The highest BCUT2D eigenvalue weighted by molar-refractivity contribution is 6.40. The van der Waals surface area contributed by atoms with Crippen LogP contribution in [0.15, 0.2) is 54.6 Å². The number of para-hydroxylation sites is 1. The number of rotatable bonds is 6. The van der Waals surface area contributed by atoms with E-state index in [-0.39, 0.29) is 11.9 Å². The third-order valence-corrected chi connectivity index (χ3v) is 4.08. The predicted molar refractivity (Wildman–Crippen MR) is 98.7 cm³/mol. The van der Waals surface area contributed by atoms with Gasteiger partial charge in [0, 0.05) is 12.6 Å². The van der Waals surface area contributed by atoms with Crippen molar-refractivity contribution >= 4 is 23.4 Å². The Morgan fingerprint density at radius 2 is 1.58 bits per heavy atom. The van der Waals surface area contributed by atoms with Crippen molar-refractivity contribution in [2.45, 2.75) is 25.3 Å². The first-order valence-electron chi connectivity index (χ1n) is 8.66. The Morgan fingerprint density at radius 3 is 2.31 bits per heavy atom. The Labute approximate surface area is 152 Å². The van der Waals surface area contributed by atoms with E-state index >= 15 is 0 Å². The summed E-state index contributed by atoms with van der Waals surface area (Å²) >= 11 is 0. The van der Waals surface area contributed by atoms with Crippen molar-refractivity contribution in [1.29, 1.82) is 0 Å². The van der Waals surface area contributed by atoms with Crippen LogP contribution in [0, 0.1) is 0 Å². The minimum Gasteiger partial charge on any atom is -0.349 e. The van der Waals surface area contributed by atoms with Crippen molar-refractivity contribution in [2.24, 2.45) is 0 Å². The summed E-state index contributed by atoms with van der Waals surface area (Å²) in [5.41, 5.74) is 1.76. The summed E-state index contributed by atoms with van der Waals surface area (Å²) in [5, 5.41) is 7.99. The van der Waals surface area contributed by atoms with Gasteiger partial charge >= 0.3 is 11.8 Å². The first kappa shape index (κ1) is 17.7. The van der Waals surface area contributed by atoms with Crippen LogP contribution in [-0.2, 0) is 16.0 Å². The summed E-state index contributed by atoms with van der Waals surface area (Å²) in [6.45, 7) is 0.361. The molecule has 0 bridgehead atoms. The number of anilines is 1. The normalized spacial score (nSPS) is 12.9. The lowest BCUT2D eigenvalue weighted by atomic mass is 10.1. The molecule has 26 heavy (non-hydrogen) atoms. The maximum Gasteiger partial charge on any atom is 0.313 e. The van der Waals surface area contributed by atoms with Gasteiger partial charge in [-0.25, -0.2) is 0 Å². The highest BCUT2D eigenvalue weighted by Gasteiger charge is 2.25. The number of nitrogens with one attached hydrogen (secondary N) is 3. The molecular weight excluding hydrogens is 330 g/mol. The third-order valence-electron chi connectivity index (χ3n) is 4.08. The van der Waals surface area contributed by atoms with Crippen molar-refractivity contribution in [3.05, 3.63) is 65.7 Å². The van der Waals surface area contributed by atoms with Crippen LogP contribution in [0.25, 0.3) is 0 Å². The molecule has 0 radical (unpaired) electrons. The number of amides is 3. The molecular formula is C20H21N3O3. The zero-order chi connectivity index (χ0) is 18.4. The van der Waals surface area contributed by atoms with Gasteiger partial charge in [-0.1, -0.05) is 42.5 Å².